The lowest BCUT2D eigenvalue weighted by molar-refractivity contribution is -0.135. The number of methoxy groups -OCH3 is 1. The van der Waals surface area contributed by atoms with E-state index in [-0.39, 0.29) is 5.57 Å². The summed E-state index contributed by atoms with van der Waals surface area (Å²) in [6.07, 6.45) is 0. The molecule has 3 nitrogen and oxygen atoms in total. The first-order valence-corrected chi connectivity index (χ1v) is 7.16. The number of carbonyl (C=O) groups excluding carboxylic acids is 1. The minimum absolute atomic E-state index is 0.0509. The first-order valence-electron chi connectivity index (χ1n) is 5.19. The number of hydrogen-bond acceptors (Lipinski definition) is 5. The molecule has 5 heteroatoms. The molecule has 0 aliphatic heterocycles. The van der Waals surface area contributed by atoms with Crippen molar-refractivity contribution in [2.45, 2.75) is 13.8 Å². The highest BCUT2D eigenvalue weighted by molar-refractivity contribution is 8.22. The van der Waals surface area contributed by atoms with Gasteiger partial charge in [0.1, 0.15) is 6.07 Å². The topological polar surface area (TPSA) is 50.1 Å². The van der Waals surface area contributed by atoms with Crippen molar-refractivity contribution in [3.8, 4) is 6.07 Å². The summed E-state index contributed by atoms with van der Waals surface area (Å²) in [5.41, 5.74) is 2.01. The number of rotatable bonds is 7. The van der Waals surface area contributed by atoms with Gasteiger partial charge in [0.2, 0.25) is 0 Å². The predicted molar refractivity (Wildman–Crippen MR) is 79.2 cm³/mol. The molecule has 0 spiro atoms. The maximum absolute atomic E-state index is 11.5. The molecule has 0 saturated heterocycles. The summed E-state index contributed by atoms with van der Waals surface area (Å²) in [7, 11) is 1.27. The molecule has 0 amide bonds. The van der Waals surface area contributed by atoms with Gasteiger partial charge in [-0.1, -0.05) is 24.3 Å². The Morgan fingerprint density at radius 1 is 1.22 bits per heavy atom. The van der Waals surface area contributed by atoms with E-state index in [0.29, 0.717) is 15.7 Å². The second-order valence-corrected chi connectivity index (χ2v) is 5.99. The molecule has 0 fully saturated rings. The third-order valence-corrected chi connectivity index (χ3v) is 4.52. The summed E-state index contributed by atoms with van der Waals surface area (Å²) in [4.78, 5) is 11.5. The van der Waals surface area contributed by atoms with E-state index in [2.05, 4.69) is 17.9 Å². The van der Waals surface area contributed by atoms with Crippen LogP contribution in [0.2, 0.25) is 0 Å². The van der Waals surface area contributed by atoms with Crippen LogP contribution in [0.3, 0.4) is 0 Å². The van der Waals surface area contributed by atoms with Crippen LogP contribution in [-0.2, 0) is 9.53 Å². The van der Waals surface area contributed by atoms with E-state index in [4.69, 9.17) is 5.26 Å². The van der Waals surface area contributed by atoms with E-state index < -0.39 is 5.97 Å². The highest BCUT2D eigenvalue weighted by atomic mass is 32.2. The quantitative estimate of drug-likeness (QED) is 0.310. The fourth-order valence-corrected chi connectivity index (χ4v) is 2.83. The number of ether oxygens (including phenoxy) is 1. The van der Waals surface area contributed by atoms with Gasteiger partial charge in [0.15, 0.2) is 5.57 Å². The average molecular weight is 283 g/mol. The summed E-state index contributed by atoms with van der Waals surface area (Å²) in [6.45, 7) is 11.4. The van der Waals surface area contributed by atoms with Gasteiger partial charge in [-0.15, -0.1) is 23.5 Å². The van der Waals surface area contributed by atoms with Gasteiger partial charge in [0, 0.05) is 11.5 Å². The van der Waals surface area contributed by atoms with E-state index in [1.54, 1.807) is 0 Å². The highest BCUT2D eigenvalue weighted by Crippen LogP contribution is 2.34. The molecular weight excluding hydrogens is 266 g/mol. The van der Waals surface area contributed by atoms with Crippen LogP contribution < -0.4 is 0 Å². The maximum atomic E-state index is 11.5. The lowest BCUT2D eigenvalue weighted by atomic mass is 10.3. The number of nitrogens with zero attached hydrogens (tertiary/aromatic N) is 1. The molecule has 0 rings (SSSR count). The number of carbonyl (C=O) groups is 1. The van der Waals surface area contributed by atoms with Gasteiger partial charge in [0.25, 0.3) is 0 Å². The zero-order valence-corrected chi connectivity index (χ0v) is 12.5. The summed E-state index contributed by atoms with van der Waals surface area (Å²) in [5, 5.41) is 9.05. The zero-order chi connectivity index (χ0) is 14.1. The van der Waals surface area contributed by atoms with Crippen LogP contribution in [0, 0.1) is 11.3 Å². The minimum Gasteiger partial charge on any atom is -0.465 e. The normalized spacial score (nSPS) is 9.22. The Bertz CT molecular complexity index is 399. The second-order valence-electron chi connectivity index (χ2n) is 3.76. The first kappa shape index (κ1) is 16.9. The van der Waals surface area contributed by atoms with Crippen molar-refractivity contribution in [1.29, 1.82) is 5.26 Å². The fraction of sp³-hybridized carbons (Fsp3) is 0.385. The number of nitriles is 1. The molecule has 0 unspecified atom stereocenters. The summed E-state index contributed by atoms with van der Waals surface area (Å²) >= 11 is 2.85. The molecule has 0 aliphatic carbocycles. The van der Waals surface area contributed by atoms with Gasteiger partial charge in [-0.25, -0.2) is 4.79 Å². The molecule has 98 valence electrons. The summed E-state index contributed by atoms with van der Waals surface area (Å²) in [5.74, 6) is 0.734. The predicted octanol–water partition coefficient (Wildman–Crippen LogP) is 3.51. The van der Waals surface area contributed by atoms with Crippen molar-refractivity contribution in [3.63, 3.8) is 0 Å². The van der Waals surface area contributed by atoms with Crippen LogP contribution in [0.5, 0.6) is 0 Å². The van der Waals surface area contributed by atoms with Gasteiger partial charge in [-0.2, -0.15) is 5.26 Å². The Kier molecular flexibility index (Phi) is 8.34. The van der Waals surface area contributed by atoms with E-state index >= 15 is 0 Å². The molecule has 0 bridgehead atoms. The summed E-state index contributed by atoms with van der Waals surface area (Å²) < 4.78 is 5.27. The smallest absolute Gasteiger partial charge is 0.350 e. The van der Waals surface area contributed by atoms with Gasteiger partial charge in [-0.05, 0) is 13.8 Å². The fourth-order valence-electron chi connectivity index (χ4n) is 0.840. The van der Waals surface area contributed by atoms with E-state index in [1.165, 1.54) is 30.6 Å². The number of esters is 1. The van der Waals surface area contributed by atoms with Crippen LogP contribution in [-0.4, -0.2) is 24.6 Å². The largest absolute Gasteiger partial charge is 0.465 e. The van der Waals surface area contributed by atoms with Gasteiger partial charge in [-0.3, -0.25) is 0 Å². The molecule has 0 heterocycles. The number of thioether (sulfide) groups is 2. The molecule has 0 aromatic carbocycles. The molecule has 18 heavy (non-hydrogen) atoms. The van der Waals surface area contributed by atoms with Crippen LogP contribution in [0.15, 0.2) is 34.1 Å². The van der Waals surface area contributed by atoms with Crippen LogP contribution in [0.1, 0.15) is 13.8 Å². The van der Waals surface area contributed by atoms with Crippen LogP contribution in [0.4, 0.5) is 0 Å². The molecule has 0 aliphatic rings. The lowest BCUT2D eigenvalue weighted by Gasteiger charge is -2.09. The second kappa shape index (κ2) is 8.90. The van der Waals surface area contributed by atoms with E-state index in [9.17, 15) is 4.79 Å². The van der Waals surface area contributed by atoms with Gasteiger partial charge >= 0.3 is 5.97 Å². The van der Waals surface area contributed by atoms with Gasteiger partial charge < -0.3 is 4.74 Å². The van der Waals surface area contributed by atoms with Crippen LogP contribution >= 0.6 is 23.5 Å². The third-order valence-electron chi connectivity index (χ3n) is 1.60. The Balaban J connectivity index is 5.07. The standard InChI is InChI=1S/C13H17NO2S2/c1-9(2)7-17-13(18-8-10(3)4)11(6-14)12(15)16-5/h1,3,7-8H2,2,4-5H3. The van der Waals surface area contributed by atoms with Crippen molar-refractivity contribution in [1.82, 2.24) is 0 Å². The molecule has 0 aromatic rings. The van der Waals surface area contributed by atoms with E-state index in [1.807, 2.05) is 19.9 Å². The average Bonchev–Trinajstić information content (AvgIpc) is 2.31. The van der Waals surface area contributed by atoms with Crippen molar-refractivity contribution < 1.29 is 9.53 Å². The van der Waals surface area contributed by atoms with Crippen molar-refractivity contribution in [2.75, 3.05) is 18.6 Å². The third kappa shape index (κ3) is 6.58. The van der Waals surface area contributed by atoms with E-state index in [0.717, 1.165) is 11.1 Å². The Morgan fingerprint density at radius 2 is 1.67 bits per heavy atom. The molecule has 0 aromatic heterocycles. The minimum atomic E-state index is -0.601. The Morgan fingerprint density at radius 3 is 1.94 bits per heavy atom. The zero-order valence-electron chi connectivity index (χ0n) is 10.9. The molecule has 0 radical (unpaired) electrons. The molecule has 0 saturated carbocycles. The first-order chi connectivity index (χ1) is 8.42. The summed E-state index contributed by atoms with van der Waals surface area (Å²) in [6, 6.07) is 1.90. The SMILES string of the molecule is C=C(C)CSC(SCC(=C)C)=C(C#N)C(=O)OC. The van der Waals surface area contributed by atoms with Crippen molar-refractivity contribution in [3.05, 3.63) is 34.1 Å². The molecule has 0 atom stereocenters. The number of hydrogen-bond donors (Lipinski definition) is 0. The monoisotopic (exact) mass is 283 g/mol. The maximum Gasteiger partial charge on any atom is 0.350 e. The van der Waals surface area contributed by atoms with Crippen molar-refractivity contribution in [2.24, 2.45) is 0 Å². The highest BCUT2D eigenvalue weighted by Gasteiger charge is 2.17. The van der Waals surface area contributed by atoms with Crippen LogP contribution in [0.25, 0.3) is 0 Å². The Hall–Kier alpha value is -1.12. The van der Waals surface area contributed by atoms with Gasteiger partial charge in [0.05, 0.1) is 11.3 Å². The Labute approximate surface area is 117 Å². The lowest BCUT2D eigenvalue weighted by Crippen LogP contribution is -2.05. The molecular formula is C13H17NO2S2. The van der Waals surface area contributed by atoms with Crippen molar-refractivity contribution >= 4 is 29.5 Å². The molecule has 0 N–H and O–H groups in total.